The minimum Gasteiger partial charge on any atom is -0.378 e. The zero-order valence-electron chi connectivity index (χ0n) is 13.9. The van der Waals surface area contributed by atoms with E-state index in [2.05, 4.69) is 40.5 Å². The summed E-state index contributed by atoms with van der Waals surface area (Å²) >= 11 is 0. The van der Waals surface area contributed by atoms with Crippen LogP contribution in [0.25, 0.3) is 0 Å². The first-order valence-electron chi connectivity index (χ1n) is 8.19. The molecule has 0 radical (unpaired) electrons. The Balaban J connectivity index is 0.00000144. The smallest absolute Gasteiger partial charge is 0.242 e. The van der Waals surface area contributed by atoms with Crippen molar-refractivity contribution in [3.05, 3.63) is 35.9 Å². The Morgan fingerprint density at radius 1 is 1.12 bits per heavy atom. The minimum atomic E-state index is -0.149. The van der Waals surface area contributed by atoms with Gasteiger partial charge >= 0.3 is 0 Å². The summed E-state index contributed by atoms with van der Waals surface area (Å²) in [7, 11) is 0. The molecule has 2 aliphatic rings. The highest BCUT2D eigenvalue weighted by Crippen LogP contribution is 2.08. The fourth-order valence-electron chi connectivity index (χ4n) is 3.07. The third kappa shape index (κ3) is 5.90. The van der Waals surface area contributed by atoms with Crippen LogP contribution in [0.4, 0.5) is 0 Å². The Kier molecular flexibility index (Phi) is 9.63. The van der Waals surface area contributed by atoms with Gasteiger partial charge in [0.25, 0.3) is 0 Å². The van der Waals surface area contributed by atoms with Crippen molar-refractivity contribution in [1.82, 2.24) is 15.1 Å². The Bertz CT molecular complexity index is 476. The van der Waals surface area contributed by atoms with Gasteiger partial charge in [0, 0.05) is 39.3 Å². The van der Waals surface area contributed by atoms with Crippen LogP contribution in [-0.4, -0.2) is 74.2 Å². The molecule has 1 aromatic carbocycles. The summed E-state index contributed by atoms with van der Waals surface area (Å²) in [6, 6.07) is 10.4. The molecule has 1 atom stereocenters. The van der Waals surface area contributed by atoms with Gasteiger partial charge in [0.15, 0.2) is 0 Å². The topological polar surface area (TPSA) is 44.8 Å². The molecule has 3 rings (SSSR count). The van der Waals surface area contributed by atoms with Crippen LogP contribution in [0.3, 0.4) is 0 Å². The first-order valence-corrected chi connectivity index (χ1v) is 8.19. The van der Waals surface area contributed by atoms with Crippen LogP contribution in [0.1, 0.15) is 5.56 Å². The summed E-state index contributed by atoms with van der Waals surface area (Å²) in [5.74, 6) is 0.197. The van der Waals surface area contributed by atoms with E-state index < -0.39 is 0 Å². The van der Waals surface area contributed by atoms with Crippen LogP contribution < -0.4 is 5.32 Å². The molecule has 136 valence electrons. The highest BCUT2D eigenvalue weighted by molar-refractivity contribution is 5.85. The second-order valence-electron chi connectivity index (χ2n) is 5.98. The molecule has 0 saturated carbocycles. The first-order chi connectivity index (χ1) is 10.8. The number of benzene rings is 1. The molecule has 2 aliphatic heterocycles. The van der Waals surface area contributed by atoms with Gasteiger partial charge in [0.1, 0.15) is 6.04 Å². The lowest BCUT2D eigenvalue weighted by Gasteiger charge is -2.37. The standard InChI is InChI=1S/C17H25N3O2.2ClH/c21-17(16-14-22-13-7-18-16)20-11-9-19(10-12-20)8-6-15-4-2-1-3-5-15;;/h1-5,16,18H,6-14H2;2*1H. The van der Waals surface area contributed by atoms with Gasteiger partial charge in [-0.15, -0.1) is 24.8 Å². The number of carbonyl (C=O) groups excluding carboxylic acids is 1. The minimum absolute atomic E-state index is 0. The fourth-order valence-corrected chi connectivity index (χ4v) is 3.07. The molecule has 0 spiro atoms. The van der Waals surface area contributed by atoms with Crippen molar-refractivity contribution in [2.24, 2.45) is 0 Å². The molecular weight excluding hydrogens is 349 g/mol. The number of ether oxygens (including phenoxy) is 1. The van der Waals surface area contributed by atoms with E-state index >= 15 is 0 Å². The van der Waals surface area contributed by atoms with E-state index in [9.17, 15) is 4.79 Å². The average molecular weight is 376 g/mol. The molecule has 24 heavy (non-hydrogen) atoms. The van der Waals surface area contributed by atoms with E-state index in [1.807, 2.05) is 4.90 Å². The highest BCUT2D eigenvalue weighted by Gasteiger charge is 2.28. The van der Waals surface area contributed by atoms with Crippen LogP contribution in [0.5, 0.6) is 0 Å². The van der Waals surface area contributed by atoms with E-state index in [1.54, 1.807) is 0 Å². The molecular formula is C17H27Cl2N3O2. The maximum atomic E-state index is 12.4. The van der Waals surface area contributed by atoms with Crippen LogP contribution in [0.15, 0.2) is 30.3 Å². The molecule has 1 N–H and O–H groups in total. The van der Waals surface area contributed by atoms with E-state index in [4.69, 9.17) is 4.74 Å². The number of morpholine rings is 1. The molecule has 1 aromatic rings. The molecule has 1 unspecified atom stereocenters. The number of piperazine rings is 1. The summed E-state index contributed by atoms with van der Waals surface area (Å²) in [5.41, 5.74) is 1.38. The van der Waals surface area contributed by atoms with Gasteiger partial charge in [-0.2, -0.15) is 0 Å². The molecule has 5 nitrogen and oxygen atoms in total. The number of nitrogens with one attached hydrogen (secondary N) is 1. The Hall–Kier alpha value is -0.850. The molecule has 0 aromatic heterocycles. The quantitative estimate of drug-likeness (QED) is 0.858. The third-order valence-electron chi connectivity index (χ3n) is 4.46. The monoisotopic (exact) mass is 375 g/mol. The van der Waals surface area contributed by atoms with Crippen molar-refractivity contribution in [2.75, 3.05) is 52.5 Å². The molecule has 0 aliphatic carbocycles. The van der Waals surface area contributed by atoms with Gasteiger partial charge in [0.05, 0.1) is 13.2 Å². The Labute approximate surface area is 156 Å². The summed E-state index contributed by atoms with van der Waals surface area (Å²) in [4.78, 5) is 16.8. The van der Waals surface area contributed by atoms with Crippen molar-refractivity contribution >= 4 is 30.7 Å². The van der Waals surface area contributed by atoms with Crippen LogP contribution in [-0.2, 0) is 16.0 Å². The van der Waals surface area contributed by atoms with Crippen molar-refractivity contribution in [2.45, 2.75) is 12.5 Å². The molecule has 0 bridgehead atoms. The predicted molar refractivity (Wildman–Crippen MR) is 100 cm³/mol. The number of carbonyl (C=O) groups is 1. The number of rotatable bonds is 4. The second kappa shape index (κ2) is 10.9. The number of nitrogens with zero attached hydrogens (tertiary/aromatic N) is 2. The van der Waals surface area contributed by atoms with Crippen LogP contribution in [0.2, 0.25) is 0 Å². The van der Waals surface area contributed by atoms with Crippen molar-refractivity contribution in [3.8, 4) is 0 Å². The van der Waals surface area contributed by atoms with Crippen molar-refractivity contribution in [1.29, 1.82) is 0 Å². The first kappa shape index (κ1) is 21.2. The fraction of sp³-hybridized carbons (Fsp3) is 0.588. The second-order valence-corrected chi connectivity index (χ2v) is 5.98. The van der Waals surface area contributed by atoms with Gasteiger partial charge in [-0.3, -0.25) is 9.69 Å². The highest BCUT2D eigenvalue weighted by atomic mass is 35.5. The normalized spacial score (nSPS) is 21.5. The van der Waals surface area contributed by atoms with Gasteiger partial charge in [-0.05, 0) is 12.0 Å². The lowest BCUT2D eigenvalue weighted by atomic mass is 10.1. The van der Waals surface area contributed by atoms with Gasteiger partial charge in [-0.1, -0.05) is 30.3 Å². The average Bonchev–Trinajstić information content (AvgIpc) is 2.61. The zero-order valence-corrected chi connectivity index (χ0v) is 15.5. The largest absolute Gasteiger partial charge is 0.378 e. The Morgan fingerprint density at radius 3 is 2.46 bits per heavy atom. The van der Waals surface area contributed by atoms with Crippen LogP contribution in [0, 0.1) is 0 Å². The maximum Gasteiger partial charge on any atom is 0.242 e. The summed E-state index contributed by atoms with van der Waals surface area (Å²) < 4.78 is 5.38. The molecule has 2 heterocycles. The van der Waals surface area contributed by atoms with E-state index in [-0.39, 0.29) is 36.8 Å². The lowest BCUT2D eigenvalue weighted by molar-refractivity contribution is -0.138. The van der Waals surface area contributed by atoms with Crippen LogP contribution >= 0.6 is 24.8 Å². The maximum absolute atomic E-state index is 12.4. The van der Waals surface area contributed by atoms with Crippen molar-refractivity contribution in [3.63, 3.8) is 0 Å². The van der Waals surface area contributed by atoms with E-state index in [0.717, 1.165) is 45.7 Å². The zero-order chi connectivity index (χ0) is 15.2. The third-order valence-corrected chi connectivity index (χ3v) is 4.46. The number of hydrogen-bond donors (Lipinski definition) is 1. The lowest BCUT2D eigenvalue weighted by Crippen LogP contribution is -2.57. The molecule has 1 amide bonds. The predicted octanol–water partition coefficient (Wildman–Crippen LogP) is 1.21. The van der Waals surface area contributed by atoms with Crippen molar-refractivity contribution < 1.29 is 9.53 Å². The molecule has 2 fully saturated rings. The molecule has 7 heteroatoms. The number of halogens is 2. The van der Waals surface area contributed by atoms with E-state index in [0.29, 0.717) is 13.2 Å². The summed E-state index contributed by atoms with van der Waals surface area (Å²) in [6.07, 6.45) is 1.08. The number of hydrogen-bond acceptors (Lipinski definition) is 4. The van der Waals surface area contributed by atoms with E-state index in [1.165, 1.54) is 5.56 Å². The van der Waals surface area contributed by atoms with Gasteiger partial charge in [-0.25, -0.2) is 0 Å². The van der Waals surface area contributed by atoms with Gasteiger partial charge < -0.3 is 15.0 Å². The van der Waals surface area contributed by atoms with Gasteiger partial charge in [0.2, 0.25) is 5.91 Å². The SMILES string of the molecule is Cl.Cl.O=C(C1COCCN1)N1CCN(CCc2ccccc2)CC1. The Morgan fingerprint density at radius 2 is 1.83 bits per heavy atom. The summed E-state index contributed by atoms with van der Waals surface area (Å²) in [6.45, 7) is 6.63. The number of amides is 1. The molecule has 2 saturated heterocycles. The summed E-state index contributed by atoms with van der Waals surface area (Å²) in [5, 5.41) is 3.24.